The number of nitrogens with one attached hydrogen (secondary N) is 1. The average Bonchev–Trinajstić information content (AvgIpc) is 3.62. The Balaban J connectivity index is 1.11. The van der Waals surface area contributed by atoms with Gasteiger partial charge in [0.15, 0.2) is 0 Å². The molecule has 3 saturated heterocycles. The quantitative estimate of drug-likeness (QED) is 0.554. The molecule has 3 aliphatic rings. The largest absolute Gasteiger partial charge is 0.423 e. The predicted octanol–water partition coefficient (Wildman–Crippen LogP) is 1.92. The molecular formula is C24H26F3N7O3. The molecule has 2 aromatic rings. The van der Waals surface area contributed by atoms with Gasteiger partial charge in [-0.25, -0.2) is 10.1 Å². The minimum absolute atomic E-state index is 0.0126. The number of H-pyrrole nitrogens is 1. The number of hydrogen-bond donors (Lipinski definition) is 1. The number of nitriles is 1. The Kier molecular flexibility index (Phi) is 6.76. The topological polar surface area (TPSA) is 118 Å². The Morgan fingerprint density at radius 2 is 2.05 bits per heavy atom. The van der Waals surface area contributed by atoms with Crippen molar-refractivity contribution in [3.05, 3.63) is 46.0 Å². The molecule has 13 heteroatoms. The summed E-state index contributed by atoms with van der Waals surface area (Å²) in [5.74, 6) is 0.786. The second-order valence-corrected chi connectivity index (χ2v) is 9.53. The van der Waals surface area contributed by atoms with Crippen LogP contribution in [-0.4, -0.2) is 77.0 Å². The van der Waals surface area contributed by atoms with Gasteiger partial charge < -0.3 is 19.4 Å². The van der Waals surface area contributed by atoms with Gasteiger partial charge in [-0.1, -0.05) is 0 Å². The van der Waals surface area contributed by atoms with Crippen molar-refractivity contribution in [2.75, 3.05) is 42.6 Å². The molecule has 10 nitrogen and oxygen atoms in total. The molecule has 196 valence electrons. The maximum Gasteiger partial charge on any atom is 0.423 e. The zero-order valence-electron chi connectivity index (χ0n) is 19.9. The number of amides is 1. The van der Waals surface area contributed by atoms with Crippen molar-refractivity contribution >= 4 is 17.4 Å². The van der Waals surface area contributed by atoms with Gasteiger partial charge in [-0.2, -0.15) is 23.5 Å². The first-order valence-electron chi connectivity index (χ1n) is 12.2. The highest BCUT2D eigenvalue weighted by Gasteiger charge is 2.45. The predicted molar refractivity (Wildman–Crippen MR) is 126 cm³/mol. The van der Waals surface area contributed by atoms with Gasteiger partial charge in [0.05, 0.1) is 55.2 Å². The molecule has 5 heterocycles. The first kappa shape index (κ1) is 25.0. The van der Waals surface area contributed by atoms with Crippen molar-refractivity contribution in [3.63, 3.8) is 0 Å². The molecule has 0 aliphatic carbocycles. The van der Waals surface area contributed by atoms with Gasteiger partial charge in [-0.05, 0) is 31.4 Å². The highest BCUT2D eigenvalue weighted by Crippen LogP contribution is 2.37. The lowest BCUT2D eigenvalue weighted by atomic mass is 10.2. The van der Waals surface area contributed by atoms with E-state index in [0.29, 0.717) is 38.0 Å². The van der Waals surface area contributed by atoms with E-state index in [1.165, 1.54) is 4.90 Å². The van der Waals surface area contributed by atoms with E-state index in [-0.39, 0.29) is 49.4 Å². The summed E-state index contributed by atoms with van der Waals surface area (Å²) in [6.07, 6.45) is 0.107. The average molecular weight is 518 g/mol. The third kappa shape index (κ3) is 4.98. The van der Waals surface area contributed by atoms with Crippen molar-refractivity contribution in [1.29, 1.82) is 5.26 Å². The number of piperazine rings is 1. The third-order valence-corrected chi connectivity index (χ3v) is 7.31. The van der Waals surface area contributed by atoms with E-state index in [1.807, 2.05) is 16.1 Å². The van der Waals surface area contributed by atoms with Crippen LogP contribution in [0.5, 0.6) is 0 Å². The Morgan fingerprint density at radius 1 is 1.22 bits per heavy atom. The molecule has 1 amide bonds. The molecular weight excluding hydrogens is 491 g/mol. The number of likely N-dealkylation sites (tertiary alicyclic amines) is 1. The normalized spacial score (nSPS) is 23.1. The number of nitrogens with zero attached hydrogens (tertiary/aromatic N) is 6. The zero-order valence-corrected chi connectivity index (χ0v) is 19.9. The Bertz CT molecular complexity index is 1240. The zero-order chi connectivity index (χ0) is 26.2. The lowest BCUT2D eigenvalue weighted by Crippen LogP contribution is -2.49. The first-order chi connectivity index (χ1) is 17.8. The molecule has 1 N–H and O–H groups in total. The summed E-state index contributed by atoms with van der Waals surface area (Å²) >= 11 is 0. The number of ether oxygens (including phenoxy) is 1. The summed E-state index contributed by atoms with van der Waals surface area (Å²) in [5.41, 5.74) is -2.26. The third-order valence-electron chi connectivity index (χ3n) is 7.31. The first-order valence-corrected chi connectivity index (χ1v) is 12.2. The fraction of sp³-hybridized carbons (Fsp3) is 0.542. The summed E-state index contributed by atoms with van der Waals surface area (Å²) in [5, 5.41) is 14.4. The fourth-order valence-electron chi connectivity index (χ4n) is 5.60. The molecule has 1 unspecified atom stereocenters. The van der Waals surface area contributed by atoms with Crippen LogP contribution in [-0.2, 0) is 15.7 Å². The Morgan fingerprint density at radius 3 is 2.73 bits per heavy atom. The molecule has 0 radical (unpaired) electrons. The number of aromatic nitrogens is 3. The molecule has 0 saturated carbocycles. The second kappa shape index (κ2) is 10.0. The van der Waals surface area contributed by atoms with Crippen molar-refractivity contribution < 1.29 is 22.7 Å². The Labute approximate surface area is 210 Å². The monoisotopic (exact) mass is 517 g/mol. The van der Waals surface area contributed by atoms with Gasteiger partial charge in [0.1, 0.15) is 17.5 Å². The standard InChI is InChI=1S/C24H26F3N7O3/c25-24(26,27)22-19(11-30-31-23(22)36)32-6-1-2-16(32)14-37-7-5-21(35)34-13-17-8-18(34)12-33(17)20-4-3-15(9-28)10-29-20/h3-4,10-11,16-18H,1-2,5-8,12-14H2,(H,31,36)/t16-,17?,18-/m0/s1. The summed E-state index contributed by atoms with van der Waals surface area (Å²) in [7, 11) is 0. The second-order valence-electron chi connectivity index (χ2n) is 9.53. The van der Waals surface area contributed by atoms with Crippen LogP contribution < -0.4 is 15.4 Å². The van der Waals surface area contributed by atoms with Crippen molar-refractivity contribution in [1.82, 2.24) is 20.1 Å². The van der Waals surface area contributed by atoms with Gasteiger partial charge >= 0.3 is 6.18 Å². The number of carbonyl (C=O) groups excluding carboxylic acids is 1. The van der Waals surface area contributed by atoms with Gasteiger partial charge in [0.2, 0.25) is 5.91 Å². The highest BCUT2D eigenvalue weighted by atomic mass is 19.4. The lowest BCUT2D eigenvalue weighted by molar-refractivity contribution is -0.138. The number of rotatable bonds is 7. The van der Waals surface area contributed by atoms with Gasteiger partial charge in [-0.15, -0.1) is 0 Å². The molecule has 5 rings (SSSR count). The van der Waals surface area contributed by atoms with Crippen LogP contribution in [0.25, 0.3) is 0 Å². The van der Waals surface area contributed by atoms with Gasteiger partial charge in [-0.3, -0.25) is 9.59 Å². The Hall–Kier alpha value is -3.66. The van der Waals surface area contributed by atoms with Crippen molar-refractivity contribution in [2.45, 2.75) is 50.0 Å². The van der Waals surface area contributed by atoms with E-state index >= 15 is 0 Å². The van der Waals surface area contributed by atoms with Crippen LogP contribution in [0.2, 0.25) is 0 Å². The van der Waals surface area contributed by atoms with Crippen molar-refractivity contribution in [2.24, 2.45) is 0 Å². The van der Waals surface area contributed by atoms with Gasteiger partial charge in [0, 0.05) is 25.8 Å². The number of hydrogen-bond acceptors (Lipinski definition) is 8. The molecule has 0 spiro atoms. The summed E-state index contributed by atoms with van der Waals surface area (Å²) in [6.45, 7) is 1.96. The van der Waals surface area contributed by atoms with Crippen LogP contribution in [0, 0.1) is 11.3 Å². The molecule has 2 bridgehead atoms. The summed E-state index contributed by atoms with van der Waals surface area (Å²) in [4.78, 5) is 34.6. The van der Waals surface area contributed by atoms with E-state index < -0.39 is 17.3 Å². The molecule has 3 fully saturated rings. The molecule has 37 heavy (non-hydrogen) atoms. The summed E-state index contributed by atoms with van der Waals surface area (Å²) < 4.78 is 46.2. The van der Waals surface area contributed by atoms with E-state index in [2.05, 4.69) is 21.1 Å². The molecule has 0 aromatic carbocycles. The number of carbonyl (C=O) groups is 1. The fourth-order valence-corrected chi connectivity index (χ4v) is 5.60. The van der Waals surface area contributed by atoms with E-state index in [4.69, 9.17) is 10.00 Å². The molecule has 3 aliphatic heterocycles. The van der Waals surface area contributed by atoms with Crippen molar-refractivity contribution in [3.8, 4) is 6.07 Å². The number of halogens is 3. The van der Waals surface area contributed by atoms with Crippen LogP contribution in [0.3, 0.4) is 0 Å². The van der Waals surface area contributed by atoms with E-state index in [1.54, 1.807) is 12.3 Å². The smallest absolute Gasteiger partial charge is 0.379 e. The van der Waals surface area contributed by atoms with Crippen LogP contribution in [0.4, 0.5) is 24.7 Å². The lowest BCUT2D eigenvalue weighted by Gasteiger charge is -2.35. The number of alkyl halides is 3. The number of fused-ring (bicyclic) bond motifs is 2. The molecule has 3 atom stereocenters. The van der Waals surface area contributed by atoms with Crippen LogP contribution >= 0.6 is 0 Å². The number of anilines is 2. The van der Waals surface area contributed by atoms with E-state index in [0.717, 1.165) is 18.4 Å². The maximum atomic E-state index is 13.5. The van der Waals surface area contributed by atoms with E-state index in [9.17, 15) is 22.8 Å². The number of aromatic amines is 1. The SMILES string of the molecule is N#Cc1ccc(N2C[C@@H]3CC2CN3C(=O)CCOC[C@@H]2CCCN2c2cn[nH]c(=O)c2C(F)(F)F)nc1. The minimum atomic E-state index is -4.80. The maximum absolute atomic E-state index is 13.5. The summed E-state index contributed by atoms with van der Waals surface area (Å²) in [6, 6.07) is 5.54. The van der Waals surface area contributed by atoms with Crippen LogP contribution in [0.15, 0.2) is 29.3 Å². The van der Waals surface area contributed by atoms with Gasteiger partial charge in [0.25, 0.3) is 5.56 Å². The highest BCUT2D eigenvalue weighted by molar-refractivity contribution is 5.77. The minimum Gasteiger partial charge on any atom is -0.379 e. The van der Waals surface area contributed by atoms with Crippen LogP contribution in [0.1, 0.15) is 36.8 Å². The molecule has 2 aromatic heterocycles. The number of pyridine rings is 1.